The third-order valence-electron chi connectivity index (χ3n) is 3.53. The quantitative estimate of drug-likeness (QED) is 0.887. The molecule has 0 amide bonds. The van der Waals surface area contributed by atoms with Crippen LogP contribution in [0.15, 0.2) is 17.5 Å². The highest BCUT2D eigenvalue weighted by molar-refractivity contribution is 7.14. The Bertz CT molecular complexity index is 582. The SMILES string of the molecule is Cc1cc(C)c(-c2csc(NC3CC3)n2)cc1C. The Kier molecular flexibility index (Phi) is 2.86. The summed E-state index contributed by atoms with van der Waals surface area (Å²) in [6, 6.07) is 5.17. The monoisotopic (exact) mass is 258 g/mol. The molecule has 2 aromatic rings. The van der Waals surface area contributed by atoms with Crippen LogP contribution in [0.3, 0.4) is 0 Å². The summed E-state index contributed by atoms with van der Waals surface area (Å²) in [4.78, 5) is 4.70. The lowest BCUT2D eigenvalue weighted by Gasteiger charge is -2.07. The number of benzene rings is 1. The highest BCUT2D eigenvalue weighted by Crippen LogP contribution is 2.32. The fourth-order valence-electron chi connectivity index (χ4n) is 2.10. The van der Waals surface area contributed by atoms with E-state index in [1.54, 1.807) is 11.3 Å². The van der Waals surface area contributed by atoms with Crippen molar-refractivity contribution in [3.05, 3.63) is 34.2 Å². The summed E-state index contributed by atoms with van der Waals surface area (Å²) in [6.45, 7) is 6.48. The van der Waals surface area contributed by atoms with Crippen LogP contribution in [0.1, 0.15) is 29.5 Å². The van der Waals surface area contributed by atoms with Gasteiger partial charge in [-0.2, -0.15) is 0 Å². The Morgan fingerprint density at radius 1 is 1.11 bits per heavy atom. The summed E-state index contributed by atoms with van der Waals surface area (Å²) < 4.78 is 0. The third kappa shape index (κ3) is 2.27. The van der Waals surface area contributed by atoms with Gasteiger partial charge in [-0.05, 0) is 56.4 Å². The van der Waals surface area contributed by atoms with Crippen molar-refractivity contribution in [2.45, 2.75) is 39.7 Å². The topological polar surface area (TPSA) is 24.9 Å². The molecule has 0 radical (unpaired) electrons. The van der Waals surface area contributed by atoms with Crippen LogP contribution in [-0.4, -0.2) is 11.0 Å². The fourth-order valence-corrected chi connectivity index (χ4v) is 2.89. The van der Waals surface area contributed by atoms with Gasteiger partial charge in [0.05, 0.1) is 5.69 Å². The van der Waals surface area contributed by atoms with E-state index >= 15 is 0 Å². The van der Waals surface area contributed by atoms with Crippen molar-refractivity contribution in [2.75, 3.05) is 5.32 Å². The number of rotatable bonds is 3. The number of hydrogen-bond acceptors (Lipinski definition) is 3. The van der Waals surface area contributed by atoms with Gasteiger partial charge >= 0.3 is 0 Å². The Labute approximate surface area is 112 Å². The molecule has 2 nitrogen and oxygen atoms in total. The van der Waals surface area contributed by atoms with Crippen molar-refractivity contribution in [1.29, 1.82) is 0 Å². The molecule has 94 valence electrons. The van der Waals surface area contributed by atoms with E-state index in [0.717, 1.165) is 10.8 Å². The first-order chi connectivity index (χ1) is 8.63. The molecule has 0 saturated heterocycles. The van der Waals surface area contributed by atoms with E-state index < -0.39 is 0 Å². The number of thiazole rings is 1. The number of hydrogen-bond donors (Lipinski definition) is 1. The average molecular weight is 258 g/mol. The lowest BCUT2D eigenvalue weighted by Crippen LogP contribution is -1.99. The van der Waals surface area contributed by atoms with Gasteiger partial charge in [-0.15, -0.1) is 11.3 Å². The summed E-state index contributed by atoms with van der Waals surface area (Å²) in [5, 5.41) is 6.67. The second kappa shape index (κ2) is 4.39. The number of nitrogens with one attached hydrogen (secondary N) is 1. The standard InChI is InChI=1S/C15H18N2S/c1-9-6-11(3)13(7-10(9)2)14-8-18-15(17-14)16-12-4-5-12/h6-8,12H,4-5H2,1-3H3,(H,16,17). The lowest BCUT2D eigenvalue weighted by molar-refractivity contribution is 1.14. The van der Waals surface area contributed by atoms with Crippen LogP contribution in [0.5, 0.6) is 0 Å². The highest BCUT2D eigenvalue weighted by atomic mass is 32.1. The second-order valence-corrected chi connectivity index (χ2v) is 6.07. The van der Waals surface area contributed by atoms with Crippen LogP contribution in [0.2, 0.25) is 0 Å². The number of aromatic nitrogens is 1. The fraction of sp³-hybridized carbons (Fsp3) is 0.400. The molecule has 1 aliphatic carbocycles. The zero-order valence-corrected chi connectivity index (χ0v) is 11.9. The molecule has 1 N–H and O–H groups in total. The van der Waals surface area contributed by atoms with Crippen LogP contribution in [0.25, 0.3) is 11.3 Å². The van der Waals surface area contributed by atoms with Crippen molar-refractivity contribution in [1.82, 2.24) is 4.98 Å². The number of nitrogens with zero attached hydrogens (tertiary/aromatic N) is 1. The van der Waals surface area contributed by atoms with Crippen LogP contribution in [0.4, 0.5) is 5.13 Å². The summed E-state index contributed by atoms with van der Waals surface area (Å²) >= 11 is 1.71. The smallest absolute Gasteiger partial charge is 0.183 e. The van der Waals surface area contributed by atoms with Gasteiger partial charge in [0.2, 0.25) is 0 Å². The van der Waals surface area contributed by atoms with Crippen molar-refractivity contribution >= 4 is 16.5 Å². The van der Waals surface area contributed by atoms with E-state index in [1.807, 2.05) is 0 Å². The molecule has 18 heavy (non-hydrogen) atoms. The van der Waals surface area contributed by atoms with Gasteiger partial charge in [0.1, 0.15) is 0 Å². The van der Waals surface area contributed by atoms with Crippen molar-refractivity contribution in [3.63, 3.8) is 0 Å². The Balaban J connectivity index is 1.93. The molecule has 1 aliphatic rings. The molecule has 3 heteroatoms. The van der Waals surface area contributed by atoms with Crippen LogP contribution in [0, 0.1) is 20.8 Å². The first-order valence-corrected chi connectivity index (χ1v) is 7.32. The Morgan fingerprint density at radius 2 is 1.83 bits per heavy atom. The molecule has 0 aliphatic heterocycles. The van der Waals surface area contributed by atoms with E-state index in [2.05, 4.69) is 43.6 Å². The highest BCUT2D eigenvalue weighted by Gasteiger charge is 2.22. The maximum absolute atomic E-state index is 4.70. The minimum atomic E-state index is 0.671. The zero-order chi connectivity index (χ0) is 12.7. The van der Waals surface area contributed by atoms with Gasteiger partial charge in [0, 0.05) is 17.0 Å². The van der Waals surface area contributed by atoms with Gasteiger partial charge in [0.15, 0.2) is 5.13 Å². The molecular formula is C15H18N2S. The maximum atomic E-state index is 4.70. The van der Waals surface area contributed by atoms with E-state index in [0.29, 0.717) is 6.04 Å². The first kappa shape index (κ1) is 11.7. The Morgan fingerprint density at radius 3 is 2.56 bits per heavy atom. The Hall–Kier alpha value is -1.35. The van der Waals surface area contributed by atoms with Gasteiger partial charge in [-0.3, -0.25) is 0 Å². The molecule has 0 unspecified atom stereocenters. The van der Waals surface area contributed by atoms with Gasteiger partial charge in [0.25, 0.3) is 0 Å². The molecule has 1 heterocycles. The summed E-state index contributed by atoms with van der Waals surface area (Å²) in [5.41, 5.74) is 6.35. The average Bonchev–Trinajstić information content (AvgIpc) is 3.01. The molecule has 0 spiro atoms. The second-order valence-electron chi connectivity index (χ2n) is 5.21. The van der Waals surface area contributed by atoms with Crippen LogP contribution in [-0.2, 0) is 0 Å². The third-order valence-corrected chi connectivity index (χ3v) is 4.30. The van der Waals surface area contributed by atoms with Gasteiger partial charge in [-0.1, -0.05) is 6.07 Å². The molecule has 0 bridgehead atoms. The largest absolute Gasteiger partial charge is 0.359 e. The van der Waals surface area contributed by atoms with Gasteiger partial charge in [-0.25, -0.2) is 4.98 Å². The molecule has 1 aromatic heterocycles. The van der Waals surface area contributed by atoms with E-state index in [4.69, 9.17) is 4.98 Å². The number of aryl methyl sites for hydroxylation is 3. The first-order valence-electron chi connectivity index (χ1n) is 6.44. The summed E-state index contributed by atoms with van der Waals surface area (Å²) in [7, 11) is 0. The van der Waals surface area contributed by atoms with Crippen molar-refractivity contribution < 1.29 is 0 Å². The normalized spacial score (nSPS) is 14.8. The van der Waals surface area contributed by atoms with E-state index in [9.17, 15) is 0 Å². The lowest BCUT2D eigenvalue weighted by atomic mass is 9.99. The van der Waals surface area contributed by atoms with Gasteiger partial charge < -0.3 is 5.32 Å². The summed E-state index contributed by atoms with van der Waals surface area (Å²) in [6.07, 6.45) is 2.58. The molecule has 1 saturated carbocycles. The summed E-state index contributed by atoms with van der Waals surface area (Å²) in [5.74, 6) is 0. The van der Waals surface area contributed by atoms with E-state index in [-0.39, 0.29) is 0 Å². The predicted molar refractivity (Wildman–Crippen MR) is 78.4 cm³/mol. The molecule has 1 fully saturated rings. The predicted octanol–water partition coefficient (Wildman–Crippen LogP) is 4.31. The maximum Gasteiger partial charge on any atom is 0.183 e. The molecular weight excluding hydrogens is 240 g/mol. The number of anilines is 1. The van der Waals surface area contributed by atoms with Crippen LogP contribution >= 0.6 is 11.3 Å². The minimum absolute atomic E-state index is 0.671. The molecule has 3 rings (SSSR count). The molecule has 0 atom stereocenters. The molecule has 1 aromatic carbocycles. The zero-order valence-electron chi connectivity index (χ0n) is 11.1. The van der Waals surface area contributed by atoms with Crippen molar-refractivity contribution in [3.8, 4) is 11.3 Å². The minimum Gasteiger partial charge on any atom is -0.359 e. The van der Waals surface area contributed by atoms with Crippen molar-refractivity contribution in [2.24, 2.45) is 0 Å². The van der Waals surface area contributed by atoms with E-state index in [1.165, 1.54) is 35.1 Å². The van der Waals surface area contributed by atoms with Crippen LogP contribution < -0.4 is 5.32 Å².